The van der Waals surface area contributed by atoms with E-state index in [0.29, 0.717) is 12.1 Å². The zero-order valence-electron chi connectivity index (χ0n) is 10.7. The second-order valence-corrected chi connectivity index (χ2v) is 4.94. The number of ether oxygens (including phenoxy) is 1. The minimum atomic E-state index is -0.453. The number of rotatable bonds is 6. The molecule has 100 valence electrons. The van der Waals surface area contributed by atoms with E-state index >= 15 is 0 Å². The van der Waals surface area contributed by atoms with Gasteiger partial charge in [0.05, 0.1) is 17.6 Å². The molecule has 1 aromatic carbocycles. The number of anilines is 1. The third-order valence-corrected chi connectivity index (χ3v) is 3.24. The van der Waals surface area contributed by atoms with Crippen molar-refractivity contribution in [2.45, 2.75) is 32.2 Å². The summed E-state index contributed by atoms with van der Waals surface area (Å²) in [5.74, 6) is 0.573. The zero-order valence-corrected chi connectivity index (χ0v) is 12.3. The van der Waals surface area contributed by atoms with Crippen molar-refractivity contribution < 1.29 is 9.53 Å². The molecule has 0 unspecified atom stereocenters. The van der Waals surface area contributed by atoms with Crippen molar-refractivity contribution in [1.29, 1.82) is 0 Å². The Balaban J connectivity index is 2.61. The van der Waals surface area contributed by atoms with Crippen LogP contribution in [0.25, 0.3) is 0 Å². The van der Waals surface area contributed by atoms with Crippen LogP contribution in [0, 0.1) is 0 Å². The number of hydrogen-bond acceptors (Lipinski definition) is 3. The fourth-order valence-electron chi connectivity index (χ4n) is 1.53. The molecule has 0 bridgehead atoms. The number of halogens is 1. The number of benzene rings is 1. The molecule has 3 N–H and O–H groups in total. The highest BCUT2D eigenvalue weighted by Crippen LogP contribution is 2.27. The fourth-order valence-corrected chi connectivity index (χ4v) is 2.07. The summed E-state index contributed by atoms with van der Waals surface area (Å²) in [6, 6.07) is 4.92. The number of methoxy groups -OCH3 is 1. The second-order valence-electron chi connectivity index (χ2n) is 4.09. The first kappa shape index (κ1) is 15.0. The molecule has 0 aromatic heterocycles. The van der Waals surface area contributed by atoms with Gasteiger partial charge in [0.15, 0.2) is 0 Å². The number of nitrogens with one attached hydrogen (secondary N) is 1. The maximum atomic E-state index is 11.8. The molecular weight excluding hydrogens is 296 g/mol. The van der Waals surface area contributed by atoms with E-state index in [1.54, 1.807) is 25.3 Å². The third-order valence-electron chi connectivity index (χ3n) is 2.62. The van der Waals surface area contributed by atoms with Crippen LogP contribution < -0.4 is 15.8 Å². The van der Waals surface area contributed by atoms with Gasteiger partial charge in [-0.15, -0.1) is 0 Å². The van der Waals surface area contributed by atoms with E-state index in [-0.39, 0.29) is 5.91 Å². The van der Waals surface area contributed by atoms with Gasteiger partial charge in [0.25, 0.3) is 0 Å². The topological polar surface area (TPSA) is 64.4 Å². The molecule has 18 heavy (non-hydrogen) atoms. The van der Waals surface area contributed by atoms with Gasteiger partial charge < -0.3 is 15.8 Å². The Morgan fingerprint density at radius 2 is 2.28 bits per heavy atom. The molecule has 0 fully saturated rings. The van der Waals surface area contributed by atoms with E-state index in [1.165, 1.54) is 0 Å². The maximum absolute atomic E-state index is 11.8. The Morgan fingerprint density at radius 3 is 2.83 bits per heavy atom. The van der Waals surface area contributed by atoms with E-state index in [4.69, 9.17) is 10.5 Å². The summed E-state index contributed by atoms with van der Waals surface area (Å²) >= 11 is 3.37. The lowest BCUT2D eigenvalue weighted by Gasteiger charge is -2.12. The Bertz CT molecular complexity index is 410. The fraction of sp³-hybridized carbons (Fsp3) is 0.462. The summed E-state index contributed by atoms with van der Waals surface area (Å²) in [4.78, 5) is 11.8. The van der Waals surface area contributed by atoms with Crippen molar-refractivity contribution in [2.24, 2.45) is 5.73 Å². The van der Waals surface area contributed by atoms with E-state index in [1.807, 2.05) is 0 Å². The molecule has 0 heterocycles. The van der Waals surface area contributed by atoms with E-state index in [2.05, 4.69) is 28.2 Å². The average molecular weight is 315 g/mol. The predicted octanol–water partition coefficient (Wildman–Crippen LogP) is 2.91. The van der Waals surface area contributed by atoms with Gasteiger partial charge in [-0.25, -0.2) is 0 Å². The smallest absolute Gasteiger partial charge is 0.241 e. The molecule has 0 spiro atoms. The molecule has 0 saturated carbocycles. The molecule has 0 aliphatic rings. The van der Waals surface area contributed by atoms with Crippen LogP contribution in [0.3, 0.4) is 0 Å². The van der Waals surface area contributed by atoms with Crippen molar-refractivity contribution in [2.75, 3.05) is 12.4 Å². The van der Waals surface area contributed by atoms with Crippen LogP contribution in [0.1, 0.15) is 26.2 Å². The summed E-state index contributed by atoms with van der Waals surface area (Å²) in [6.07, 6.45) is 2.70. The highest BCUT2D eigenvalue weighted by molar-refractivity contribution is 9.10. The van der Waals surface area contributed by atoms with Gasteiger partial charge in [0.1, 0.15) is 5.75 Å². The van der Waals surface area contributed by atoms with Crippen molar-refractivity contribution >= 4 is 27.5 Å². The number of unbranched alkanes of at least 4 members (excludes halogenated alkanes) is 1. The van der Waals surface area contributed by atoms with E-state index < -0.39 is 6.04 Å². The number of hydrogen-bond donors (Lipinski definition) is 2. The van der Waals surface area contributed by atoms with Gasteiger partial charge in [-0.1, -0.05) is 19.8 Å². The summed E-state index contributed by atoms with van der Waals surface area (Å²) in [6.45, 7) is 2.07. The SMILES string of the molecule is CCCC[C@H](N)C(=O)Nc1ccc(OC)c(Br)c1. The minimum Gasteiger partial charge on any atom is -0.496 e. The van der Waals surface area contributed by atoms with Crippen LogP contribution in [0.15, 0.2) is 22.7 Å². The molecule has 1 amide bonds. The largest absolute Gasteiger partial charge is 0.496 e. The number of nitrogens with two attached hydrogens (primary N) is 1. The van der Waals surface area contributed by atoms with Crippen LogP contribution >= 0.6 is 15.9 Å². The Labute approximate surface area is 116 Å². The molecule has 1 aromatic rings. The first-order chi connectivity index (χ1) is 8.58. The summed E-state index contributed by atoms with van der Waals surface area (Å²) < 4.78 is 5.92. The average Bonchev–Trinajstić information content (AvgIpc) is 2.36. The zero-order chi connectivity index (χ0) is 13.5. The molecular formula is C13H19BrN2O2. The van der Waals surface area contributed by atoms with Gasteiger partial charge in [-0.05, 0) is 40.5 Å². The van der Waals surface area contributed by atoms with Crippen LogP contribution in [0.5, 0.6) is 5.75 Å². The molecule has 0 saturated heterocycles. The highest BCUT2D eigenvalue weighted by atomic mass is 79.9. The number of amides is 1. The molecule has 1 rings (SSSR count). The van der Waals surface area contributed by atoms with Gasteiger partial charge in [-0.2, -0.15) is 0 Å². The standard InChI is InChI=1S/C13H19BrN2O2/c1-3-4-5-11(15)13(17)16-9-6-7-12(18-2)10(14)8-9/h6-8,11H,3-5,15H2,1-2H3,(H,16,17)/t11-/m0/s1. The first-order valence-corrected chi connectivity index (χ1v) is 6.77. The lowest BCUT2D eigenvalue weighted by atomic mass is 10.1. The summed E-state index contributed by atoms with van der Waals surface area (Å²) in [5, 5.41) is 2.79. The monoisotopic (exact) mass is 314 g/mol. The number of carbonyl (C=O) groups excluding carboxylic acids is 1. The first-order valence-electron chi connectivity index (χ1n) is 5.98. The van der Waals surface area contributed by atoms with Gasteiger partial charge >= 0.3 is 0 Å². The van der Waals surface area contributed by atoms with Crippen molar-refractivity contribution in [3.8, 4) is 5.75 Å². The summed E-state index contributed by atoms with van der Waals surface area (Å²) in [7, 11) is 1.60. The highest BCUT2D eigenvalue weighted by Gasteiger charge is 2.13. The normalized spacial score (nSPS) is 12.0. The van der Waals surface area contributed by atoms with Crippen molar-refractivity contribution in [1.82, 2.24) is 0 Å². The van der Waals surface area contributed by atoms with Crippen LogP contribution in [0.4, 0.5) is 5.69 Å². The lowest BCUT2D eigenvalue weighted by molar-refractivity contribution is -0.117. The van der Waals surface area contributed by atoms with Gasteiger partial charge in [0, 0.05) is 5.69 Å². The van der Waals surface area contributed by atoms with Gasteiger partial charge in [0.2, 0.25) is 5.91 Å². The molecule has 1 atom stereocenters. The molecule has 4 nitrogen and oxygen atoms in total. The lowest BCUT2D eigenvalue weighted by Crippen LogP contribution is -2.35. The third kappa shape index (κ3) is 4.31. The van der Waals surface area contributed by atoms with Crippen LogP contribution in [-0.4, -0.2) is 19.1 Å². The van der Waals surface area contributed by atoms with Crippen molar-refractivity contribution in [3.05, 3.63) is 22.7 Å². The van der Waals surface area contributed by atoms with Crippen LogP contribution in [0.2, 0.25) is 0 Å². The second kappa shape index (κ2) is 7.38. The molecule has 0 aliphatic carbocycles. The van der Waals surface area contributed by atoms with E-state index in [9.17, 15) is 4.79 Å². The minimum absolute atomic E-state index is 0.152. The quantitative estimate of drug-likeness (QED) is 0.848. The molecule has 0 aliphatic heterocycles. The van der Waals surface area contributed by atoms with Crippen molar-refractivity contribution in [3.63, 3.8) is 0 Å². The summed E-state index contributed by atoms with van der Waals surface area (Å²) in [5.41, 5.74) is 6.50. The maximum Gasteiger partial charge on any atom is 0.241 e. The van der Waals surface area contributed by atoms with Crippen LogP contribution in [-0.2, 0) is 4.79 Å². The van der Waals surface area contributed by atoms with E-state index in [0.717, 1.165) is 23.1 Å². The number of carbonyl (C=O) groups is 1. The molecule has 0 radical (unpaired) electrons. The Hall–Kier alpha value is -1.07. The Kier molecular flexibility index (Phi) is 6.15. The van der Waals surface area contributed by atoms with Gasteiger partial charge in [-0.3, -0.25) is 4.79 Å². The predicted molar refractivity (Wildman–Crippen MR) is 76.8 cm³/mol. The Morgan fingerprint density at radius 1 is 1.56 bits per heavy atom. The molecule has 5 heteroatoms.